The van der Waals surface area contributed by atoms with Crippen LogP contribution >= 0.6 is 0 Å². The summed E-state index contributed by atoms with van der Waals surface area (Å²) in [6.07, 6.45) is -5.00. The Hall–Kier alpha value is -6.33. The Labute approximate surface area is 317 Å². The third-order valence-corrected chi connectivity index (χ3v) is 8.79. The van der Waals surface area contributed by atoms with Gasteiger partial charge in [-0.1, -0.05) is 84.4 Å². The second-order valence-corrected chi connectivity index (χ2v) is 13.0. The van der Waals surface area contributed by atoms with E-state index in [4.69, 9.17) is 28.4 Å². The second kappa shape index (κ2) is 18.1. The van der Waals surface area contributed by atoms with Crippen LogP contribution in [0, 0.1) is 12.7 Å². The predicted molar refractivity (Wildman–Crippen MR) is 198 cm³/mol. The molecule has 0 N–H and O–H groups in total. The van der Waals surface area contributed by atoms with E-state index >= 15 is 4.39 Å². The quantitative estimate of drug-likeness (QED) is 0.0880. The Morgan fingerprint density at radius 1 is 0.691 bits per heavy atom. The molecule has 0 radical (unpaired) electrons. The number of benzene rings is 5. The zero-order chi connectivity index (χ0) is 38.7. The molecular formula is C44H39FO10. The van der Waals surface area contributed by atoms with Gasteiger partial charge in [-0.25, -0.2) is 18.8 Å². The Balaban J connectivity index is 1.38. The van der Waals surface area contributed by atoms with Crippen LogP contribution in [0.1, 0.15) is 66.7 Å². The standard InChI is InChI=1S/C44H39FO10/c1-28-18-20-30(21-19-28)22-36-37(45)23-31(26-50-29(2)46)24-38(36)54-44-40(55-43(49)34-16-10-5-11-17-34)39(53-42(48)33-14-8-4-9-15-33)25-35(52-44)27-51-41(47)32-12-6-3-7-13-32/h3-21,23-24,35,39-40,44H,22,25-27H2,1-2H3/t35-,39-,40+,44-/m0/s1. The monoisotopic (exact) mass is 746 g/mol. The van der Waals surface area contributed by atoms with Crippen LogP contribution in [-0.2, 0) is 41.5 Å². The van der Waals surface area contributed by atoms with Gasteiger partial charge in [0, 0.05) is 25.3 Å². The number of hydrogen-bond acceptors (Lipinski definition) is 10. The van der Waals surface area contributed by atoms with Crippen molar-refractivity contribution in [2.45, 2.75) is 57.9 Å². The first-order chi connectivity index (χ1) is 26.6. The SMILES string of the molecule is CC(=O)OCc1cc(F)c(Cc2ccc(C)cc2)c(O[C@@H]2O[C@H](COC(=O)c3ccccc3)C[C@H](OC(=O)c3ccccc3)[C@H]2OC(=O)c2ccccc2)c1. The zero-order valence-corrected chi connectivity index (χ0v) is 30.2. The maximum absolute atomic E-state index is 16.1. The summed E-state index contributed by atoms with van der Waals surface area (Å²) >= 11 is 0. The van der Waals surface area contributed by atoms with E-state index < -0.39 is 54.3 Å². The van der Waals surface area contributed by atoms with E-state index in [0.717, 1.165) is 11.1 Å². The van der Waals surface area contributed by atoms with Gasteiger partial charge < -0.3 is 28.4 Å². The molecule has 11 heteroatoms. The highest BCUT2D eigenvalue weighted by Gasteiger charge is 2.46. The molecule has 0 aromatic heterocycles. The largest absolute Gasteiger partial charge is 0.461 e. The van der Waals surface area contributed by atoms with Gasteiger partial charge >= 0.3 is 23.9 Å². The Kier molecular flexibility index (Phi) is 12.7. The summed E-state index contributed by atoms with van der Waals surface area (Å²) in [5, 5.41) is 0. The van der Waals surface area contributed by atoms with Crippen LogP contribution in [0.2, 0.25) is 0 Å². The molecule has 0 saturated carbocycles. The molecule has 1 heterocycles. The third-order valence-electron chi connectivity index (χ3n) is 8.79. The highest BCUT2D eigenvalue weighted by atomic mass is 19.1. The summed E-state index contributed by atoms with van der Waals surface area (Å²) in [4.78, 5) is 51.7. The van der Waals surface area contributed by atoms with Crippen LogP contribution in [0.5, 0.6) is 5.75 Å². The summed E-state index contributed by atoms with van der Waals surface area (Å²) in [6.45, 7) is 2.64. The minimum atomic E-state index is -1.52. The van der Waals surface area contributed by atoms with Crippen LogP contribution in [0.15, 0.2) is 127 Å². The Morgan fingerprint density at radius 3 is 1.84 bits per heavy atom. The number of carbonyl (C=O) groups excluding carboxylic acids is 4. The van der Waals surface area contributed by atoms with Crippen molar-refractivity contribution in [3.8, 4) is 5.75 Å². The lowest BCUT2D eigenvalue weighted by Crippen LogP contribution is -2.55. The van der Waals surface area contributed by atoms with Crippen LogP contribution in [0.4, 0.5) is 4.39 Å². The molecule has 5 aromatic rings. The average molecular weight is 747 g/mol. The maximum atomic E-state index is 16.1. The van der Waals surface area contributed by atoms with E-state index in [1.165, 1.54) is 19.1 Å². The molecule has 0 bridgehead atoms. The number of esters is 4. The minimum Gasteiger partial charge on any atom is -0.461 e. The molecule has 0 amide bonds. The van der Waals surface area contributed by atoms with E-state index in [1.54, 1.807) is 91.0 Å². The summed E-state index contributed by atoms with van der Waals surface area (Å²) in [6, 6.07) is 35.1. The summed E-state index contributed by atoms with van der Waals surface area (Å²) in [7, 11) is 0. The van der Waals surface area contributed by atoms with Crippen molar-refractivity contribution in [1.29, 1.82) is 0 Å². The molecule has 1 aliphatic rings. The van der Waals surface area contributed by atoms with E-state index in [-0.39, 0.29) is 54.1 Å². The van der Waals surface area contributed by atoms with E-state index in [0.29, 0.717) is 5.56 Å². The second-order valence-electron chi connectivity index (χ2n) is 13.0. The van der Waals surface area contributed by atoms with E-state index in [1.807, 2.05) is 31.2 Å². The lowest BCUT2D eigenvalue weighted by atomic mass is 9.99. The lowest BCUT2D eigenvalue weighted by molar-refractivity contribution is -0.240. The number of rotatable bonds is 13. The molecule has 1 fully saturated rings. The fourth-order valence-electron chi connectivity index (χ4n) is 5.96. The first-order valence-corrected chi connectivity index (χ1v) is 17.7. The molecule has 10 nitrogen and oxygen atoms in total. The fraction of sp³-hybridized carbons (Fsp3) is 0.227. The number of aryl methyl sites for hydroxylation is 1. The molecule has 6 rings (SSSR count). The first kappa shape index (κ1) is 38.4. The van der Waals surface area contributed by atoms with Crippen molar-refractivity contribution in [3.05, 3.63) is 172 Å². The van der Waals surface area contributed by atoms with Crippen molar-refractivity contribution in [2.75, 3.05) is 6.61 Å². The predicted octanol–water partition coefficient (Wildman–Crippen LogP) is 7.59. The fourth-order valence-corrected chi connectivity index (χ4v) is 5.96. The van der Waals surface area contributed by atoms with Gasteiger partial charge in [-0.3, -0.25) is 4.79 Å². The molecule has 282 valence electrons. The highest BCUT2D eigenvalue weighted by Crippen LogP contribution is 2.34. The van der Waals surface area contributed by atoms with E-state index in [2.05, 4.69) is 0 Å². The van der Waals surface area contributed by atoms with Gasteiger partial charge in [0.25, 0.3) is 0 Å². The molecule has 55 heavy (non-hydrogen) atoms. The van der Waals surface area contributed by atoms with Crippen molar-refractivity contribution >= 4 is 23.9 Å². The summed E-state index contributed by atoms with van der Waals surface area (Å²) in [5.74, 6) is -3.28. The van der Waals surface area contributed by atoms with Crippen LogP contribution in [0.3, 0.4) is 0 Å². The van der Waals surface area contributed by atoms with Gasteiger partial charge in [-0.05, 0) is 66.6 Å². The van der Waals surface area contributed by atoms with Gasteiger partial charge in [-0.2, -0.15) is 0 Å². The topological polar surface area (TPSA) is 124 Å². The normalized spacial score (nSPS) is 17.7. The van der Waals surface area contributed by atoms with Gasteiger partial charge in [-0.15, -0.1) is 0 Å². The zero-order valence-electron chi connectivity index (χ0n) is 30.2. The van der Waals surface area contributed by atoms with Gasteiger partial charge in [0.15, 0.2) is 0 Å². The molecule has 4 atom stereocenters. The van der Waals surface area contributed by atoms with Gasteiger partial charge in [0.05, 0.1) is 22.8 Å². The van der Waals surface area contributed by atoms with E-state index in [9.17, 15) is 19.2 Å². The molecule has 1 saturated heterocycles. The Morgan fingerprint density at radius 2 is 1.25 bits per heavy atom. The molecule has 1 aliphatic heterocycles. The highest BCUT2D eigenvalue weighted by molar-refractivity contribution is 5.90. The van der Waals surface area contributed by atoms with Crippen LogP contribution in [-0.4, -0.2) is 55.1 Å². The number of hydrogen-bond donors (Lipinski definition) is 0. The Bertz CT molecular complexity index is 2090. The van der Waals surface area contributed by atoms with Crippen molar-refractivity contribution in [3.63, 3.8) is 0 Å². The molecule has 5 aromatic carbocycles. The number of ether oxygens (including phenoxy) is 6. The maximum Gasteiger partial charge on any atom is 0.338 e. The van der Waals surface area contributed by atoms with Gasteiger partial charge in [0.1, 0.15) is 30.9 Å². The van der Waals surface area contributed by atoms with Crippen molar-refractivity contribution in [1.82, 2.24) is 0 Å². The molecule has 0 spiro atoms. The van der Waals surface area contributed by atoms with Gasteiger partial charge in [0.2, 0.25) is 12.4 Å². The molecule has 0 aliphatic carbocycles. The van der Waals surface area contributed by atoms with Crippen LogP contribution in [0.25, 0.3) is 0 Å². The first-order valence-electron chi connectivity index (χ1n) is 17.7. The number of halogens is 1. The number of carbonyl (C=O) groups is 4. The average Bonchev–Trinajstić information content (AvgIpc) is 3.20. The summed E-state index contributed by atoms with van der Waals surface area (Å²) in [5.41, 5.74) is 2.99. The lowest BCUT2D eigenvalue weighted by Gasteiger charge is -2.40. The summed E-state index contributed by atoms with van der Waals surface area (Å²) < 4.78 is 51.8. The van der Waals surface area contributed by atoms with Crippen LogP contribution < -0.4 is 4.74 Å². The molecular weight excluding hydrogens is 707 g/mol. The smallest absolute Gasteiger partial charge is 0.338 e. The van der Waals surface area contributed by atoms with Crippen molar-refractivity contribution < 1.29 is 52.0 Å². The minimum absolute atomic E-state index is 0.00329. The third kappa shape index (κ3) is 10.4. The van der Waals surface area contributed by atoms with Crippen molar-refractivity contribution in [2.24, 2.45) is 0 Å². The molecule has 0 unspecified atom stereocenters.